The number of carbonyl (C=O) groups excluding carboxylic acids is 1. The molecule has 0 saturated carbocycles. The summed E-state index contributed by atoms with van der Waals surface area (Å²) >= 11 is 8.39. The van der Waals surface area contributed by atoms with E-state index in [2.05, 4.69) is 54.4 Å². The van der Waals surface area contributed by atoms with Crippen LogP contribution in [-0.2, 0) is 6.42 Å². The Bertz CT molecular complexity index is 797. The van der Waals surface area contributed by atoms with E-state index in [1.807, 2.05) is 18.2 Å². The third-order valence-corrected chi connectivity index (χ3v) is 5.03. The monoisotopic (exact) mass is 409 g/mol. The SMILES string of the molecule is O=C(Cc1csc2ccccc12)c1ncc(Br)cc1Br. The topological polar surface area (TPSA) is 30.0 Å². The van der Waals surface area contributed by atoms with Gasteiger partial charge in [0.2, 0.25) is 0 Å². The van der Waals surface area contributed by atoms with Crippen molar-refractivity contribution in [2.24, 2.45) is 0 Å². The summed E-state index contributed by atoms with van der Waals surface area (Å²) in [6.07, 6.45) is 2.01. The smallest absolute Gasteiger partial charge is 0.186 e. The number of fused-ring (bicyclic) bond motifs is 1. The van der Waals surface area contributed by atoms with E-state index in [1.165, 1.54) is 4.70 Å². The van der Waals surface area contributed by atoms with Crippen LogP contribution in [0.4, 0.5) is 0 Å². The van der Waals surface area contributed by atoms with Crippen molar-refractivity contribution in [1.29, 1.82) is 0 Å². The quantitative estimate of drug-likeness (QED) is 0.552. The predicted molar refractivity (Wildman–Crippen MR) is 89.5 cm³/mol. The van der Waals surface area contributed by atoms with Crippen LogP contribution in [0.15, 0.2) is 50.9 Å². The first-order chi connectivity index (χ1) is 9.65. The van der Waals surface area contributed by atoms with Crippen molar-refractivity contribution in [3.8, 4) is 0 Å². The molecule has 20 heavy (non-hydrogen) atoms. The van der Waals surface area contributed by atoms with Crippen LogP contribution < -0.4 is 0 Å². The van der Waals surface area contributed by atoms with Crippen LogP contribution in [0, 0.1) is 0 Å². The molecule has 0 amide bonds. The van der Waals surface area contributed by atoms with Gasteiger partial charge in [0.25, 0.3) is 0 Å². The van der Waals surface area contributed by atoms with Crippen LogP contribution in [0.1, 0.15) is 16.1 Å². The van der Waals surface area contributed by atoms with Crippen LogP contribution >= 0.6 is 43.2 Å². The highest BCUT2D eigenvalue weighted by Gasteiger charge is 2.15. The zero-order chi connectivity index (χ0) is 14.1. The van der Waals surface area contributed by atoms with E-state index in [4.69, 9.17) is 0 Å². The first-order valence-electron chi connectivity index (χ1n) is 5.94. The fourth-order valence-electron chi connectivity index (χ4n) is 2.05. The molecule has 0 bridgehead atoms. The summed E-state index contributed by atoms with van der Waals surface area (Å²) in [6, 6.07) is 9.97. The molecule has 0 aliphatic carbocycles. The maximum atomic E-state index is 12.4. The van der Waals surface area contributed by atoms with E-state index < -0.39 is 0 Å². The molecule has 1 aromatic carbocycles. The van der Waals surface area contributed by atoms with E-state index in [1.54, 1.807) is 17.5 Å². The van der Waals surface area contributed by atoms with Gasteiger partial charge in [-0.15, -0.1) is 11.3 Å². The lowest BCUT2D eigenvalue weighted by Crippen LogP contribution is -2.06. The van der Waals surface area contributed by atoms with Gasteiger partial charge in [0.15, 0.2) is 5.78 Å². The van der Waals surface area contributed by atoms with Crippen LogP contribution in [0.5, 0.6) is 0 Å². The number of carbonyl (C=O) groups is 1. The maximum Gasteiger partial charge on any atom is 0.186 e. The molecule has 5 heteroatoms. The molecule has 0 spiro atoms. The Morgan fingerprint density at radius 2 is 2.05 bits per heavy atom. The van der Waals surface area contributed by atoms with Crippen molar-refractivity contribution in [2.45, 2.75) is 6.42 Å². The van der Waals surface area contributed by atoms with Crippen molar-refractivity contribution in [1.82, 2.24) is 4.98 Å². The zero-order valence-corrected chi connectivity index (χ0v) is 14.3. The van der Waals surface area contributed by atoms with Crippen molar-refractivity contribution in [2.75, 3.05) is 0 Å². The lowest BCUT2D eigenvalue weighted by atomic mass is 10.1. The standard InChI is InChI=1S/C15H9Br2NOS/c16-10-6-12(17)15(18-7-10)13(19)5-9-8-20-14-4-2-1-3-11(9)14/h1-4,6-8H,5H2. The molecule has 3 aromatic rings. The minimum Gasteiger partial charge on any atom is -0.292 e. The van der Waals surface area contributed by atoms with E-state index >= 15 is 0 Å². The molecular weight excluding hydrogens is 402 g/mol. The number of hydrogen-bond acceptors (Lipinski definition) is 3. The fourth-order valence-corrected chi connectivity index (χ4v) is 4.22. The number of benzene rings is 1. The number of Topliss-reactive ketones (excluding diaryl/α,β-unsaturated/α-hetero) is 1. The molecule has 0 N–H and O–H groups in total. The summed E-state index contributed by atoms with van der Waals surface area (Å²) in [5.74, 6) is 0.0212. The molecule has 2 aromatic heterocycles. The summed E-state index contributed by atoms with van der Waals surface area (Å²) < 4.78 is 2.77. The van der Waals surface area contributed by atoms with Gasteiger partial charge >= 0.3 is 0 Å². The number of pyridine rings is 1. The normalized spacial score (nSPS) is 10.9. The van der Waals surface area contributed by atoms with E-state index in [0.29, 0.717) is 12.1 Å². The van der Waals surface area contributed by atoms with Gasteiger partial charge < -0.3 is 0 Å². The zero-order valence-electron chi connectivity index (χ0n) is 10.3. The third-order valence-electron chi connectivity index (χ3n) is 2.98. The second-order valence-electron chi connectivity index (χ2n) is 4.34. The highest BCUT2D eigenvalue weighted by Crippen LogP contribution is 2.27. The van der Waals surface area contributed by atoms with Gasteiger partial charge in [-0.2, -0.15) is 0 Å². The number of ketones is 1. The van der Waals surface area contributed by atoms with Crippen LogP contribution in [0.2, 0.25) is 0 Å². The minimum atomic E-state index is 0.0212. The number of hydrogen-bond donors (Lipinski definition) is 0. The van der Waals surface area contributed by atoms with Gasteiger partial charge in [0, 0.05) is 26.3 Å². The summed E-state index contributed by atoms with van der Waals surface area (Å²) in [5, 5.41) is 3.20. The largest absolute Gasteiger partial charge is 0.292 e. The molecule has 3 rings (SSSR count). The Morgan fingerprint density at radius 1 is 1.25 bits per heavy atom. The lowest BCUT2D eigenvalue weighted by Gasteiger charge is -2.03. The first-order valence-corrected chi connectivity index (χ1v) is 8.41. The van der Waals surface area contributed by atoms with E-state index in [0.717, 1.165) is 19.9 Å². The molecule has 0 saturated heterocycles. The number of aromatic nitrogens is 1. The molecule has 0 aliphatic rings. The van der Waals surface area contributed by atoms with Crippen molar-refractivity contribution in [3.63, 3.8) is 0 Å². The number of nitrogens with zero attached hydrogens (tertiary/aromatic N) is 1. The van der Waals surface area contributed by atoms with Gasteiger partial charge in [0.1, 0.15) is 5.69 Å². The summed E-state index contributed by atoms with van der Waals surface area (Å²) in [4.78, 5) is 16.6. The first kappa shape index (κ1) is 13.9. The molecule has 0 fully saturated rings. The molecule has 2 nitrogen and oxygen atoms in total. The Hall–Kier alpha value is -1.04. The summed E-state index contributed by atoms with van der Waals surface area (Å²) in [7, 11) is 0. The second kappa shape index (κ2) is 5.76. The van der Waals surface area contributed by atoms with Gasteiger partial charge in [-0.1, -0.05) is 18.2 Å². The molecule has 2 heterocycles. The van der Waals surface area contributed by atoms with Crippen LogP contribution in [-0.4, -0.2) is 10.8 Å². The predicted octanol–water partition coefficient (Wildman–Crippen LogP) is 5.25. The van der Waals surface area contributed by atoms with E-state index in [9.17, 15) is 4.79 Å². The molecular formula is C15H9Br2NOS. The molecule has 0 atom stereocenters. The van der Waals surface area contributed by atoms with Crippen molar-refractivity contribution in [3.05, 3.63) is 62.1 Å². The summed E-state index contributed by atoms with van der Waals surface area (Å²) in [5.41, 5.74) is 1.54. The number of halogens is 2. The second-order valence-corrected chi connectivity index (χ2v) is 7.02. The van der Waals surface area contributed by atoms with Gasteiger partial charge in [0.05, 0.1) is 0 Å². The lowest BCUT2D eigenvalue weighted by molar-refractivity contribution is 0.0988. The summed E-state index contributed by atoms with van der Waals surface area (Å²) in [6.45, 7) is 0. The van der Waals surface area contributed by atoms with Gasteiger partial charge in [-0.25, -0.2) is 0 Å². The van der Waals surface area contributed by atoms with Crippen molar-refractivity contribution < 1.29 is 4.79 Å². The Morgan fingerprint density at radius 3 is 2.85 bits per heavy atom. The average molecular weight is 411 g/mol. The van der Waals surface area contributed by atoms with E-state index in [-0.39, 0.29) is 5.78 Å². The Kier molecular flexibility index (Phi) is 4.01. The fraction of sp³-hybridized carbons (Fsp3) is 0.0667. The highest BCUT2D eigenvalue weighted by atomic mass is 79.9. The Labute approximate surface area is 137 Å². The minimum absolute atomic E-state index is 0.0212. The van der Waals surface area contributed by atoms with Gasteiger partial charge in [-0.3, -0.25) is 9.78 Å². The third kappa shape index (κ3) is 2.71. The molecule has 0 unspecified atom stereocenters. The van der Waals surface area contributed by atoms with Crippen LogP contribution in [0.3, 0.4) is 0 Å². The molecule has 100 valence electrons. The maximum absolute atomic E-state index is 12.4. The Balaban J connectivity index is 1.92. The van der Waals surface area contributed by atoms with Crippen molar-refractivity contribution >= 4 is 59.1 Å². The number of thiophene rings is 1. The van der Waals surface area contributed by atoms with Crippen LogP contribution in [0.25, 0.3) is 10.1 Å². The number of rotatable bonds is 3. The molecule has 0 aliphatic heterocycles. The highest BCUT2D eigenvalue weighted by molar-refractivity contribution is 9.11. The molecule has 0 radical (unpaired) electrons. The average Bonchev–Trinajstić information content (AvgIpc) is 2.82. The van der Waals surface area contributed by atoms with Gasteiger partial charge in [-0.05, 0) is 60.3 Å².